The molecule has 1 saturated heterocycles. The minimum absolute atomic E-state index is 0.123. The van der Waals surface area contributed by atoms with Gasteiger partial charge in [0.2, 0.25) is 5.91 Å². The maximum absolute atomic E-state index is 12.5. The van der Waals surface area contributed by atoms with Crippen LogP contribution in [0.5, 0.6) is 0 Å². The number of amides is 2. The van der Waals surface area contributed by atoms with E-state index in [0.29, 0.717) is 11.4 Å². The zero-order chi connectivity index (χ0) is 25.6. The van der Waals surface area contributed by atoms with E-state index in [-0.39, 0.29) is 29.5 Å². The van der Waals surface area contributed by atoms with Crippen molar-refractivity contribution >= 4 is 54.1 Å². The van der Waals surface area contributed by atoms with Crippen LogP contribution in [0.1, 0.15) is 57.8 Å². The maximum atomic E-state index is 12.5. The molecule has 12 heteroatoms. The molecule has 1 aliphatic rings. The molecule has 1 aliphatic heterocycles. The van der Waals surface area contributed by atoms with Gasteiger partial charge in [0.15, 0.2) is 6.10 Å². The fraction of sp³-hybridized carbons (Fsp3) is 0.545. The fourth-order valence-corrected chi connectivity index (χ4v) is 3.59. The molecule has 34 heavy (non-hydrogen) atoms. The SMILES string of the molecule is CC(C)C[C@H](NC(=O)CNC(=O)c1cc(Cl)ccc1Cl)B1OC(=O)[C@H](CC(=O)OC(C)(C)C)O1. The number of carbonyl (C=O) groups excluding carboxylic acids is 4. The predicted octanol–water partition coefficient (Wildman–Crippen LogP) is 2.96. The highest BCUT2D eigenvalue weighted by Gasteiger charge is 2.47. The van der Waals surface area contributed by atoms with E-state index < -0.39 is 48.5 Å². The number of ether oxygens (including phenoxy) is 1. The molecule has 2 atom stereocenters. The summed E-state index contributed by atoms with van der Waals surface area (Å²) in [4.78, 5) is 49.2. The van der Waals surface area contributed by atoms with Gasteiger partial charge >= 0.3 is 19.1 Å². The van der Waals surface area contributed by atoms with Crippen LogP contribution in [0, 0.1) is 5.92 Å². The molecule has 1 aromatic carbocycles. The normalized spacial score (nSPS) is 16.8. The molecule has 0 unspecified atom stereocenters. The Hall–Kier alpha value is -2.30. The molecule has 0 bridgehead atoms. The Morgan fingerprint density at radius 3 is 2.50 bits per heavy atom. The number of esters is 1. The first-order chi connectivity index (χ1) is 15.7. The van der Waals surface area contributed by atoms with Gasteiger partial charge in [-0.1, -0.05) is 37.0 Å². The number of rotatable bonds is 9. The highest BCUT2D eigenvalue weighted by atomic mass is 35.5. The minimum atomic E-state index is -1.13. The minimum Gasteiger partial charge on any atom is -0.506 e. The van der Waals surface area contributed by atoms with Crippen molar-refractivity contribution in [1.82, 2.24) is 10.6 Å². The molecule has 0 radical (unpaired) electrons. The van der Waals surface area contributed by atoms with Crippen LogP contribution in [0.15, 0.2) is 18.2 Å². The molecule has 0 spiro atoms. The van der Waals surface area contributed by atoms with E-state index in [1.807, 2.05) is 13.8 Å². The Labute approximate surface area is 209 Å². The molecule has 0 saturated carbocycles. The van der Waals surface area contributed by atoms with Crippen LogP contribution in [-0.4, -0.2) is 55.1 Å². The average molecular weight is 515 g/mol. The van der Waals surface area contributed by atoms with Crippen molar-refractivity contribution in [2.45, 2.75) is 65.1 Å². The van der Waals surface area contributed by atoms with Crippen molar-refractivity contribution in [3.8, 4) is 0 Å². The first-order valence-electron chi connectivity index (χ1n) is 10.9. The van der Waals surface area contributed by atoms with Crippen molar-refractivity contribution in [2.24, 2.45) is 5.92 Å². The Bertz CT molecular complexity index is 936. The van der Waals surface area contributed by atoms with Crippen LogP contribution in [0.3, 0.4) is 0 Å². The molecule has 2 N–H and O–H groups in total. The predicted molar refractivity (Wildman–Crippen MR) is 127 cm³/mol. The van der Waals surface area contributed by atoms with Gasteiger partial charge in [-0.05, 0) is 51.3 Å². The van der Waals surface area contributed by atoms with Crippen LogP contribution in [0.4, 0.5) is 0 Å². The number of nitrogens with one attached hydrogen (secondary N) is 2. The topological polar surface area (TPSA) is 120 Å². The van der Waals surface area contributed by atoms with Gasteiger partial charge in [-0.15, -0.1) is 0 Å². The van der Waals surface area contributed by atoms with Crippen LogP contribution in [0.2, 0.25) is 10.0 Å². The second kappa shape index (κ2) is 11.9. The summed E-state index contributed by atoms with van der Waals surface area (Å²) < 4.78 is 16.2. The maximum Gasteiger partial charge on any atom is 0.552 e. The number of carbonyl (C=O) groups is 4. The van der Waals surface area contributed by atoms with Gasteiger partial charge in [-0.3, -0.25) is 19.2 Å². The van der Waals surface area contributed by atoms with Crippen LogP contribution in [-0.2, 0) is 28.4 Å². The molecule has 0 aliphatic carbocycles. The smallest absolute Gasteiger partial charge is 0.506 e. The van der Waals surface area contributed by atoms with Gasteiger partial charge in [0.1, 0.15) is 5.60 Å². The third-order valence-corrected chi connectivity index (χ3v) is 5.11. The molecule has 1 fully saturated rings. The molecule has 9 nitrogen and oxygen atoms in total. The Morgan fingerprint density at radius 2 is 1.88 bits per heavy atom. The van der Waals surface area contributed by atoms with Crippen LogP contribution < -0.4 is 10.6 Å². The molecule has 2 rings (SSSR count). The lowest BCUT2D eigenvalue weighted by Crippen LogP contribution is -2.50. The highest BCUT2D eigenvalue weighted by molar-refractivity contribution is 6.51. The quantitative estimate of drug-likeness (QED) is 0.384. The van der Waals surface area contributed by atoms with Crippen molar-refractivity contribution in [2.75, 3.05) is 6.54 Å². The van der Waals surface area contributed by atoms with Gasteiger partial charge in [-0.2, -0.15) is 0 Å². The van der Waals surface area contributed by atoms with Gasteiger partial charge in [0, 0.05) is 5.02 Å². The number of hydrogen-bond donors (Lipinski definition) is 2. The van der Waals surface area contributed by atoms with E-state index in [0.717, 1.165) is 0 Å². The van der Waals surface area contributed by atoms with Crippen molar-refractivity contribution in [3.05, 3.63) is 33.8 Å². The Morgan fingerprint density at radius 1 is 1.21 bits per heavy atom. The second-order valence-corrected chi connectivity index (χ2v) is 10.2. The third-order valence-electron chi connectivity index (χ3n) is 4.55. The summed E-state index contributed by atoms with van der Waals surface area (Å²) in [7, 11) is -1.08. The second-order valence-electron chi connectivity index (χ2n) is 9.33. The largest absolute Gasteiger partial charge is 0.552 e. The van der Waals surface area contributed by atoms with E-state index in [1.54, 1.807) is 26.8 Å². The fourth-order valence-electron chi connectivity index (χ4n) is 3.21. The lowest BCUT2D eigenvalue weighted by molar-refractivity contribution is -0.158. The molecule has 186 valence electrons. The first-order valence-corrected chi connectivity index (χ1v) is 11.6. The average Bonchev–Trinajstić information content (AvgIpc) is 3.06. The lowest BCUT2D eigenvalue weighted by atomic mass is 9.74. The van der Waals surface area contributed by atoms with E-state index in [2.05, 4.69) is 10.6 Å². The molecule has 2 amide bonds. The zero-order valence-electron chi connectivity index (χ0n) is 19.8. The number of halogens is 2. The Balaban J connectivity index is 1.96. The highest BCUT2D eigenvalue weighted by Crippen LogP contribution is 2.22. The summed E-state index contributed by atoms with van der Waals surface area (Å²) in [5.74, 6) is -2.95. The molecule has 1 aromatic rings. The summed E-state index contributed by atoms with van der Waals surface area (Å²) >= 11 is 11.9. The summed E-state index contributed by atoms with van der Waals surface area (Å²) in [6, 6.07) is 4.43. The summed E-state index contributed by atoms with van der Waals surface area (Å²) in [6.45, 7) is 8.66. The molecule has 1 heterocycles. The molecule has 0 aromatic heterocycles. The molecular formula is C22H29BCl2N2O7. The number of benzene rings is 1. The van der Waals surface area contributed by atoms with E-state index in [1.165, 1.54) is 12.1 Å². The summed E-state index contributed by atoms with van der Waals surface area (Å²) in [6.07, 6.45) is -1.00. The van der Waals surface area contributed by atoms with Gasteiger partial charge in [0.05, 0.1) is 29.5 Å². The van der Waals surface area contributed by atoms with Crippen molar-refractivity contribution < 1.29 is 33.2 Å². The van der Waals surface area contributed by atoms with E-state index >= 15 is 0 Å². The zero-order valence-corrected chi connectivity index (χ0v) is 21.3. The van der Waals surface area contributed by atoms with Gasteiger partial charge < -0.3 is 24.7 Å². The third kappa shape index (κ3) is 8.81. The molecular weight excluding hydrogens is 486 g/mol. The van der Waals surface area contributed by atoms with Crippen molar-refractivity contribution in [3.63, 3.8) is 0 Å². The van der Waals surface area contributed by atoms with E-state index in [4.69, 9.17) is 37.2 Å². The monoisotopic (exact) mass is 514 g/mol. The van der Waals surface area contributed by atoms with E-state index in [9.17, 15) is 19.2 Å². The lowest BCUT2D eigenvalue weighted by Gasteiger charge is -2.22. The number of hydrogen-bond acceptors (Lipinski definition) is 7. The van der Waals surface area contributed by atoms with Crippen molar-refractivity contribution in [1.29, 1.82) is 0 Å². The Kier molecular flexibility index (Phi) is 9.79. The van der Waals surface area contributed by atoms with Gasteiger partial charge in [-0.25, -0.2) is 0 Å². The standard InChI is InChI=1S/C22H29BCl2N2O7/c1-12(2)8-17(23-33-16(21(31)34-23)10-19(29)32-22(3,4)5)27-18(28)11-26-20(30)14-9-13(24)6-7-15(14)25/h6-7,9,12,16-17H,8,10-11H2,1-5H3,(H,26,30)(H,27,28)/t16-,17-/m0/s1. The summed E-state index contributed by atoms with van der Waals surface area (Å²) in [5.41, 5.74) is -0.564. The van der Waals surface area contributed by atoms with Gasteiger partial charge in [0.25, 0.3) is 5.91 Å². The van der Waals surface area contributed by atoms with Crippen LogP contribution >= 0.6 is 23.2 Å². The summed E-state index contributed by atoms with van der Waals surface area (Å²) in [5, 5.41) is 5.73. The van der Waals surface area contributed by atoms with Crippen LogP contribution in [0.25, 0.3) is 0 Å². The first kappa shape index (κ1) is 27.9.